The molecule has 0 atom stereocenters. The van der Waals surface area contributed by atoms with Gasteiger partial charge in [0.05, 0.1) is 0 Å². The minimum Gasteiger partial charge on any atom is -0.384 e. The van der Waals surface area contributed by atoms with Crippen LogP contribution in [-0.4, -0.2) is 24.0 Å². The van der Waals surface area contributed by atoms with Gasteiger partial charge in [-0.3, -0.25) is 4.90 Å². The minimum atomic E-state index is 0.807. The molecule has 0 amide bonds. The first-order valence-corrected chi connectivity index (χ1v) is 8.79. The van der Waals surface area contributed by atoms with E-state index < -0.39 is 0 Å². The second-order valence-corrected chi connectivity index (χ2v) is 6.96. The predicted molar refractivity (Wildman–Crippen MR) is 90.4 cm³/mol. The second kappa shape index (κ2) is 6.74. The highest BCUT2D eigenvalue weighted by Crippen LogP contribution is 2.28. The topological polar surface area (TPSA) is 15.3 Å². The summed E-state index contributed by atoms with van der Waals surface area (Å²) in [7, 11) is 0. The van der Waals surface area contributed by atoms with Crippen molar-refractivity contribution in [2.45, 2.75) is 25.4 Å². The highest BCUT2D eigenvalue weighted by atomic mass is 79.9. The van der Waals surface area contributed by atoms with Crippen molar-refractivity contribution in [1.29, 1.82) is 0 Å². The standard InChI is InChI=1S/C16H19BrN2S/c17-14-1-3-15(4-2-14)18-8-9-19(16-5-6-16)11-13-7-10-20-12-13/h1-4,7,10,12,16,18H,5-6,8-9,11H2. The maximum absolute atomic E-state index is 3.50. The van der Waals surface area contributed by atoms with Crippen molar-refractivity contribution in [3.63, 3.8) is 0 Å². The summed E-state index contributed by atoms with van der Waals surface area (Å²) in [6.45, 7) is 3.20. The van der Waals surface area contributed by atoms with Crippen molar-refractivity contribution < 1.29 is 0 Å². The number of nitrogens with zero attached hydrogens (tertiary/aromatic N) is 1. The van der Waals surface area contributed by atoms with Crippen LogP contribution in [0.25, 0.3) is 0 Å². The highest BCUT2D eigenvalue weighted by molar-refractivity contribution is 9.10. The lowest BCUT2D eigenvalue weighted by Gasteiger charge is -2.22. The van der Waals surface area contributed by atoms with Crippen LogP contribution in [0.5, 0.6) is 0 Å². The summed E-state index contributed by atoms with van der Waals surface area (Å²) in [5.74, 6) is 0. The summed E-state index contributed by atoms with van der Waals surface area (Å²) in [5, 5.41) is 7.93. The van der Waals surface area contributed by atoms with E-state index in [0.29, 0.717) is 0 Å². The third kappa shape index (κ3) is 4.08. The molecule has 1 aliphatic rings. The number of benzene rings is 1. The first-order valence-electron chi connectivity index (χ1n) is 7.06. The van der Waals surface area contributed by atoms with E-state index in [4.69, 9.17) is 0 Å². The number of rotatable bonds is 7. The van der Waals surface area contributed by atoms with Gasteiger partial charge in [0.25, 0.3) is 0 Å². The van der Waals surface area contributed by atoms with Gasteiger partial charge >= 0.3 is 0 Å². The van der Waals surface area contributed by atoms with Crippen LogP contribution in [0.1, 0.15) is 18.4 Å². The quantitative estimate of drug-likeness (QED) is 0.785. The Balaban J connectivity index is 1.48. The fraction of sp³-hybridized carbons (Fsp3) is 0.375. The lowest BCUT2D eigenvalue weighted by molar-refractivity contribution is 0.265. The molecule has 0 spiro atoms. The Morgan fingerprint density at radius 3 is 2.65 bits per heavy atom. The summed E-state index contributed by atoms with van der Waals surface area (Å²) in [6, 6.07) is 11.4. The Morgan fingerprint density at radius 2 is 2.00 bits per heavy atom. The van der Waals surface area contributed by atoms with Crippen LogP contribution in [-0.2, 0) is 6.54 Å². The molecule has 0 bridgehead atoms. The summed E-state index contributed by atoms with van der Waals surface area (Å²) in [4.78, 5) is 2.61. The molecule has 20 heavy (non-hydrogen) atoms. The van der Waals surface area contributed by atoms with Gasteiger partial charge in [-0.25, -0.2) is 0 Å². The lowest BCUT2D eigenvalue weighted by atomic mass is 10.3. The number of hydrogen-bond acceptors (Lipinski definition) is 3. The fourth-order valence-electron chi connectivity index (χ4n) is 2.36. The van der Waals surface area contributed by atoms with Crippen LogP contribution in [0, 0.1) is 0 Å². The van der Waals surface area contributed by atoms with Crippen LogP contribution in [0.3, 0.4) is 0 Å². The van der Waals surface area contributed by atoms with E-state index in [1.165, 1.54) is 24.1 Å². The van der Waals surface area contributed by atoms with E-state index in [-0.39, 0.29) is 0 Å². The average Bonchev–Trinajstić information content (AvgIpc) is 3.18. The van der Waals surface area contributed by atoms with Crippen LogP contribution in [0.4, 0.5) is 5.69 Å². The molecule has 106 valence electrons. The van der Waals surface area contributed by atoms with Gasteiger partial charge in [-0.2, -0.15) is 11.3 Å². The van der Waals surface area contributed by atoms with Crippen LogP contribution in [0.2, 0.25) is 0 Å². The van der Waals surface area contributed by atoms with Gasteiger partial charge in [-0.1, -0.05) is 15.9 Å². The molecular weight excluding hydrogens is 332 g/mol. The zero-order valence-electron chi connectivity index (χ0n) is 11.4. The molecule has 0 radical (unpaired) electrons. The monoisotopic (exact) mass is 350 g/mol. The summed E-state index contributed by atoms with van der Waals surface area (Å²) >= 11 is 5.25. The molecule has 1 aliphatic carbocycles. The molecule has 2 aromatic rings. The number of hydrogen-bond donors (Lipinski definition) is 1. The molecule has 0 aliphatic heterocycles. The summed E-state index contributed by atoms with van der Waals surface area (Å²) in [5.41, 5.74) is 2.64. The molecule has 1 aromatic carbocycles. The molecule has 1 saturated carbocycles. The van der Waals surface area contributed by atoms with E-state index in [1.54, 1.807) is 11.3 Å². The van der Waals surface area contributed by atoms with Crippen LogP contribution >= 0.6 is 27.3 Å². The third-order valence-corrected chi connectivity index (χ3v) is 4.86. The van der Waals surface area contributed by atoms with Gasteiger partial charge in [-0.05, 0) is 59.5 Å². The molecule has 3 rings (SSSR count). The molecule has 1 aromatic heterocycles. The first kappa shape index (κ1) is 14.1. The molecule has 0 saturated heterocycles. The van der Waals surface area contributed by atoms with Gasteiger partial charge in [0.2, 0.25) is 0 Å². The summed E-state index contributed by atoms with van der Waals surface area (Å²) < 4.78 is 1.13. The van der Waals surface area contributed by atoms with Crippen molar-refractivity contribution in [3.05, 3.63) is 51.1 Å². The molecule has 1 fully saturated rings. The van der Waals surface area contributed by atoms with Crippen molar-refractivity contribution >= 4 is 33.0 Å². The van der Waals surface area contributed by atoms with Crippen molar-refractivity contribution in [2.75, 3.05) is 18.4 Å². The van der Waals surface area contributed by atoms with Gasteiger partial charge in [-0.15, -0.1) is 0 Å². The Morgan fingerprint density at radius 1 is 1.20 bits per heavy atom. The molecular formula is C16H19BrN2S. The maximum Gasteiger partial charge on any atom is 0.0341 e. The lowest BCUT2D eigenvalue weighted by Crippen LogP contribution is -2.30. The predicted octanol–water partition coefficient (Wildman–Crippen LogP) is 4.59. The van der Waals surface area contributed by atoms with E-state index in [2.05, 4.69) is 67.2 Å². The van der Waals surface area contributed by atoms with E-state index in [0.717, 1.165) is 30.1 Å². The number of halogens is 1. The van der Waals surface area contributed by atoms with Gasteiger partial charge in [0.1, 0.15) is 0 Å². The molecule has 1 heterocycles. The van der Waals surface area contributed by atoms with Gasteiger partial charge in [0.15, 0.2) is 0 Å². The normalized spacial score (nSPS) is 14.7. The Hall–Kier alpha value is -0.840. The zero-order valence-corrected chi connectivity index (χ0v) is 13.8. The Kier molecular flexibility index (Phi) is 4.76. The van der Waals surface area contributed by atoms with Gasteiger partial charge in [0, 0.05) is 35.8 Å². The average molecular weight is 351 g/mol. The van der Waals surface area contributed by atoms with E-state index >= 15 is 0 Å². The van der Waals surface area contributed by atoms with E-state index in [9.17, 15) is 0 Å². The largest absolute Gasteiger partial charge is 0.384 e. The van der Waals surface area contributed by atoms with E-state index in [1.807, 2.05) is 0 Å². The van der Waals surface area contributed by atoms with Crippen LogP contribution in [0.15, 0.2) is 45.6 Å². The second-order valence-electron chi connectivity index (χ2n) is 5.27. The molecule has 0 unspecified atom stereocenters. The zero-order chi connectivity index (χ0) is 13.8. The smallest absolute Gasteiger partial charge is 0.0341 e. The highest BCUT2D eigenvalue weighted by Gasteiger charge is 2.28. The van der Waals surface area contributed by atoms with Crippen molar-refractivity contribution in [2.24, 2.45) is 0 Å². The van der Waals surface area contributed by atoms with Crippen LogP contribution < -0.4 is 5.32 Å². The molecule has 1 N–H and O–H groups in total. The Labute approximate surface area is 132 Å². The SMILES string of the molecule is Brc1ccc(NCCN(Cc2ccsc2)C2CC2)cc1. The fourth-order valence-corrected chi connectivity index (χ4v) is 3.28. The Bertz CT molecular complexity index is 520. The third-order valence-electron chi connectivity index (χ3n) is 3.60. The van der Waals surface area contributed by atoms with Gasteiger partial charge < -0.3 is 5.32 Å². The number of anilines is 1. The first-order chi connectivity index (χ1) is 9.81. The number of thiophene rings is 1. The maximum atomic E-state index is 3.50. The molecule has 2 nitrogen and oxygen atoms in total. The minimum absolute atomic E-state index is 0.807. The van der Waals surface area contributed by atoms with Crippen molar-refractivity contribution in [1.82, 2.24) is 4.90 Å². The molecule has 4 heteroatoms. The van der Waals surface area contributed by atoms with Crippen molar-refractivity contribution in [3.8, 4) is 0 Å². The summed E-state index contributed by atoms with van der Waals surface area (Å²) in [6.07, 6.45) is 2.73. The number of nitrogens with one attached hydrogen (secondary N) is 1.